The van der Waals surface area contributed by atoms with Gasteiger partial charge in [-0.2, -0.15) is 0 Å². The fourth-order valence-corrected chi connectivity index (χ4v) is 3.93. The van der Waals surface area contributed by atoms with E-state index in [1.807, 2.05) is 0 Å². The minimum Gasteiger partial charge on any atom is -0.323 e. The van der Waals surface area contributed by atoms with Gasteiger partial charge in [-0.25, -0.2) is 13.8 Å². The molecule has 0 aliphatic rings. The van der Waals surface area contributed by atoms with Gasteiger partial charge in [-0.05, 0) is 42.5 Å². The molecule has 0 spiro atoms. The minimum atomic E-state index is -0.620. The van der Waals surface area contributed by atoms with Gasteiger partial charge in [0.1, 0.15) is 11.6 Å². The maximum atomic E-state index is 13.8. The van der Waals surface area contributed by atoms with Crippen molar-refractivity contribution in [2.75, 3.05) is 11.1 Å². The molecule has 0 aliphatic heterocycles. The fraction of sp³-hybridized carbons (Fsp3) is 0.0455. The molecule has 0 bridgehead atoms. The first-order valence-electron chi connectivity index (χ1n) is 9.08. The molecule has 0 unspecified atom stereocenters. The van der Waals surface area contributed by atoms with Crippen LogP contribution < -0.4 is 10.9 Å². The van der Waals surface area contributed by atoms with E-state index in [0.29, 0.717) is 16.6 Å². The van der Waals surface area contributed by atoms with Gasteiger partial charge >= 0.3 is 0 Å². The molecule has 5 nitrogen and oxygen atoms in total. The number of para-hydroxylation sites is 2. The topological polar surface area (TPSA) is 64.0 Å². The summed E-state index contributed by atoms with van der Waals surface area (Å²) in [6.07, 6.45) is 0. The Labute approximate surface area is 184 Å². The second-order valence-electron chi connectivity index (χ2n) is 6.47. The van der Waals surface area contributed by atoms with Crippen LogP contribution in [-0.2, 0) is 4.79 Å². The first-order chi connectivity index (χ1) is 14.9. The Kier molecular flexibility index (Phi) is 6.01. The van der Waals surface area contributed by atoms with Crippen molar-refractivity contribution in [1.29, 1.82) is 0 Å². The monoisotopic (exact) mass is 457 g/mol. The van der Waals surface area contributed by atoms with Crippen LogP contribution in [0.3, 0.4) is 0 Å². The molecule has 4 aromatic rings. The zero-order chi connectivity index (χ0) is 22.0. The number of benzene rings is 3. The normalized spacial score (nSPS) is 10.9. The van der Waals surface area contributed by atoms with Crippen molar-refractivity contribution in [3.05, 3.63) is 93.7 Å². The zero-order valence-corrected chi connectivity index (χ0v) is 17.4. The van der Waals surface area contributed by atoms with Gasteiger partial charge in [0.15, 0.2) is 5.16 Å². The lowest BCUT2D eigenvalue weighted by Crippen LogP contribution is -2.23. The van der Waals surface area contributed by atoms with E-state index in [1.54, 1.807) is 30.3 Å². The number of thioether (sulfide) groups is 1. The molecule has 1 aromatic heterocycles. The standard InChI is InChI=1S/C22H14ClF2N3O2S/c23-15-11-13(9-10-16(15)24)28-21(30)14-5-1-3-7-18(14)27-22(28)31-12-20(29)26-19-8-4-2-6-17(19)25/h1-11H,12H2,(H,26,29). The maximum Gasteiger partial charge on any atom is 0.266 e. The molecule has 0 saturated heterocycles. The lowest BCUT2D eigenvalue weighted by Gasteiger charge is -2.14. The summed E-state index contributed by atoms with van der Waals surface area (Å²) in [5.74, 6) is -1.77. The van der Waals surface area contributed by atoms with Crippen molar-refractivity contribution in [3.63, 3.8) is 0 Å². The van der Waals surface area contributed by atoms with E-state index in [-0.39, 0.29) is 27.2 Å². The highest BCUT2D eigenvalue weighted by Gasteiger charge is 2.16. The first-order valence-corrected chi connectivity index (χ1v) is 10.4. The molecule has 0 aliphatic carbocycles. The molecule has 4 rings (SSSR count). The SMILES string of the molecule is O=C(CSc1nc2ccccc2c(=O)n1-c1ccc(F)c(Cl)c1)Nc1ccccc1F. The highest BCUT2D eigenvalue weighted by Crippen LogP contribution is 2.24. The summed E-state index contributed by atoms with van der Waals surface area (Å²) >= 11 is 6.90. The van der Waals surface area contributed by atoms with Gasteiger partial charge in [-0.3, -0.25) is 14.2 Å². The Balaban J connectivity index is 1.70. The van der Waals surface area contributed by atoms with Crippen molar-refractivity contribution in [1.82, 2.24) is 9.55 Å². The number of nitrogens with zero attached hydrogens (tertiary/aromatic N) is 2. The maximum absolute atomic E-state index is 13.8. The average Bonchev–Trinajstić information content (AvgIpc) is 2.76. The van der Waals surface area contributed by atoms with E-state index >= 15 is 0 Å². The third kappa shape index (κ3) is 4.45. The lowest BCUT2D eigenvalue weighted by atomic mass is 10.2. The molecule has 0 saturated carbocycles. The smallest absolute Gasteiger partial charge is 0.266 e. The summed E-state index contributed by atoms with van der Waals surface area (Å²) in [6, 6.07) is 16.5. The molecule has 1 N–H and O–H groups in total. The summed E-state index contributed by atoms with van der Waals surface area (Å²) in [6.45, 7) is 0. The van der Waals surface area contributed by atoms with E-state index in [4.69, 9.17) is 11.6 Å². The van der Waals surface area contributed by atoms with Crippen molar-refractivity contribution >= 4 is 45.9 Å². The predicted molar refractivity (Wildman–Crippen MR) is 118 cm³/mol. The molecule has 3 aromatic carbocycles. The molecular formula is C22H14ClF2N3O2S. The Morgan fingerprint density at radius 1 is 1.03 bits per heavy atom. The average molecular weight is 458 g/mol. The number of anilines is 1. The van der Waals surface area contributed by atoms with Gasteiger partial charge in [0.2, 0.25) is 5.91 Å². The molecular weight excluding hydrogens is 444 g/mol. The molecule has 0 radical (unpaired) electrons. The van der Waals surface area contributed by atoms with Gasteiger partial charge in [0.05, 0.1) is 33.1 Å². The largest absolute Gasteiger partial charge is 0.323 e. The summed E-state index contributed by atoms with van der Waals surface area (Å²) in [5.41, 5.74) is 0.438. The fourth-order valence-electron chi connectivity index (χ4n) is 2.94. The van der Waals surface area contributed by atoms with E-state index in [1.165, 1.54) is 34.9 Å². The number of hydrogen-bond acceptors (Lipinski definition) is 4. The van der Waals surface area contributed by atoms with Crippen LogP contribution in [0.1, 0.15) is 0 Å². The number of aromatic nitrogens is 2. The van der Waals surface area contributed by atoms with E-state index in [2.05, 4.69) is 10.3 Å². The number of amides is 1. The summed E-state index contributed by atoms with van der Waals surface area (Å²) < 4.78 is 28.7. The van der Waals surface area contributed by atoms with Gasteiger partial charge in [-0.15, -0.1) is 0 Å². The minimum absolute atomic E-state index is 0.0577. The van der Waals surface area contributed by atoms with Crippen LogP contribution in [0.2, 0.25) is 5.02 Å². The number of carbonyl (C=O) groups excluding carboxylic acids is 1. The van der Waals surface area contributed by atoms with Gasteiger partial charge in [0, 0.05) is 0 Å². The van der Waals surface area contributed by atoms with Crippen LogP contribution in [0, 0.1) is 11.6 Å². The number of carbonyl (C=O) groups is 1. The highest BCUT2D eigenvalue weighted by molar-refractivity contribution is 7.99. The summed E-state index contributed by atoms with van der Waals surface area (Å²) in [5, 5.41) is 2.92. The second-order valence-corrected chi connectivity index (χ2v) is 7.82. The van der Waals surface area contributed by atoms with Crippen molar-refractivity contribution in [2.24, 2.45) is 0 Å². The first kappa shape index (κ1) is 21.0. The van der Waals surface area contributed by atoms with E-state index < -0.39 is 17.5 Å². The molecule has 0 atom stereocenters. The summed E-state index contributed by atoms with van der Waals surface area (Å²) in [7, 11) is 0. The van der Waals surface area contributed by atoms with E-state index in [9.17, 15) is 18.4 Å². The van der Waals surface area contributed by atoms with Crippen LogP contribution in [0.15, 0.2) is 76.7 Å². The van der Waals surface area contributed by atoms with Crippen LogP contribution in [-0.4, -0.2) is 21.2 Å². The van der Waals surface area contributed by atoms with Crippen molar-refractivity contribution < 1.29 is 13.6 Å². The lowest BCUT2D eigenvalue weighted by molar-refractivity contribution is -0.113. The van der Waals surface area contributed by atoms with Crippen LogP contribution >= 0.6 is 23.4 Å². The van der Waals surface area contributed by atoms with Crippen molar-refractivity contribution in [3.8, 4) is 5.69 Å². The Morgan fingerprint density at radius 3 is 2.55 bits per heavy atom. The molecule has 31 heavy (non-hydrogen) atoms. The third-order valence-electron chi connectivity index (χ3n) is 4.39. The molecule has 1 amide bonds. The third-order valence-corrected chi connectivity index (χ3v) is 5.61. The number of fused-ring (bicyclic) bond motifs is 1. The molecule has 9 heteroatoms. The van der Waals surface area contributed by atoms with Crippen LogP contribution in [0.5, 0.6) is 0 Å². The number of nitrogens with one attached hydrogen (secondary N) is 1. The van der Waals surface area contributed by atoms with Gasteiger partial charge in [-0.1, -0.05) is 47.6 Å². The van der Waals surface area contributed by atoms with Crippen LogP contribution in [0.25, 0.3) is 16.6 Å². The van der Waals surface area contributed by atoms with Gasteiger partial charge < -0.3 is 5.32 Å². The number of halogens is 3. The molecule has 156 valence electrons. The quantitative estimate of drug-likeness (QED) is 0.336. The molecule has 1 heterocycles. The zero-order valence-electron chi connectivity index (χ0n) is 15.8. The number of hydrogen-bond donors (Lipinski definition) is 1. The van der Waals surface area contributed by atoms with Crippen LogP contribution in [0.4, 0.5) is 14.5 Å². The Hall–Kier alpha value is -3.23. The highest BCUT2D eigenvalue weighted by atomic mass is 35.5. The Bertz CT molecular complexity index is 1360. The van der Waals surface area contributed by atoms with Gasteiger partial charge in [0.25, 0.3) is 5.56 Å². The van der Waals surface area contributed by atoms with E-state index in [0.717, 1.165) is 17.8 Å². The summed E-state index contributed by atoms with van der Waals surface area (Å²) in [4.78, 5) is 30.0. The predicted octanol–water partition coefficient (Wildman–Crippen LogP) is 5.05. The Morgan fingerprint density at radius 2 is 1.77 bits per heavy atom. The number of rotatable bonds is 5. The molecule has 0 fully saturated rings. The van der Waals surface area contributed by atoms with Crippen molar-refractivity contribution in [2.45, 2.75) is 5.16 Å². The second kappa shape index (κ2) is 8.87.